The summed E-state index contributed by atoms with van der Waals surface area (Å²) in [6, 6.07) is 7.23. The number of hydrogen-bond donors (Lipinski definition) is 1. The van der Waals surface area contributed by atoms with E-state index in [1.807, 2.05) is 37.6 Å². The molecule has 1 N–H and O–H groups in total. The highest BCUT2D eigenvalue weighted by atomic mass is 79.9. The smallest absolute Gasteiger partial charge is 0.257 e. The van der Waals surface area contributed by atoms with Crippen molar-refractivity contribution in [3.05, 3.63) is 50.7 Å². The predicted molar refractivity (Wildman–Crippen MR) is 82.0 cm³/mol. The molecule has 0 aliphatic rings. The van der Waals surface area contributed by atoms with E-state index in [0.717, 1.165) is 15.9 Å². The number of aromatic nitrogens is 1. The number of amides is 1. The average Bonchev–Trinajstić information content (AvgIpc) is 2.60. The van der Waals surface area contributed by atoms with Crippen LogP contribution in [0, 0.1) is 13.8 Å². The van der Waals surface area contributed by atoms with Crippen molar-refractivity contribution < 1.29 is 4.79 Å². The van der Waals surface area contributed by atoms with E-state index < -0.39 is 0 Å². The van der Waals surface area contributed by atoms with Crippen molar-refractivity contribution in [1.29, 1.82) is 0 Å². The van der Waals surface area contributed by atoms with Crippen molar-refractivity contribution in [3.8, 4) is 0 Å². The van der Waals surface area contributed by atoms with E-state index in [1.54, 1.807) is 12.1 Å². The molecule has 0 unspecified atom stereocenters. The van der Waals surface area contributed by atoms with Gasteiger partial charge in [-0.1, -0.05) is 27.5 Å². The molecule has 0 aliphatic heterocycles. The van der Waals surface area contributed by atoms with Crippen LogP contribution in [0.2, 0.25) is 5.02 Å². The Morgan fingerprint density at radius 3 is 2.53 bits per heavy atom. The van der Waals surface area contributed by atoms with Gasteiger partial charge in [-0.05, 0) is 38.1 Å². The Labute approximate surface area is 125 Å². The Hall–Kier alpha value is -1.26. The first-order valence-electron chi connectivity index (χ1n) is 5.79. The van der Waals surface area contributed by atoms with E-state index in [4.69, 9.17) is 11.6 Å². The number of carbonyl (C=O) groups excluding carboxylic acids is 1. The van der Waals surface area contributed by atoms with Crippen molar-refractivity contribution in [1.82, 2.24) is 4.57 Å². The molecule has 3 nitrogen and oxygen atoms in total. The van der Waals surface area contributed by atoms with E-state index in [1.165, 1.54) is 0 Å². The second-order valence-electron chi connectivity index (χ2n) is 4.42. The van der Waals surface area contributed by atoms with E-state index in [0.29, 0.717) is 16.3 Å². The molecule has 1 aromatic heterocycles. The van der Waals surface area contributed by atoms with Crippen LogP contribution in [0.3, 0.4) is 0 Å². The lowest BCUT2D eigenvalue weighted by Crippen LogP contribution is -2.13. The van der Waals surface area contributed by atoms with E-state index in [9.17, 15) is 4.79 Å². The van der Waals surface area contributed by atoms with E-state index in [-0.39, 0.29) is 5.91 Å². The van der Waals surface area contributed by atoms with Gasteiger partial charge in [-0.25, -0.2) is 0 Å². The lowest BCUT2D eigenvalue weighted by Gasteiger charge is -2.07. The van der Waals surface area contributed by atoms with Gasteiger partial charge in [-0.3, -0.25) is 4.79 Å². The van der Waals surface area contributed by atoms with Gasteiger partial charge in [0.1, 0.15) is 0 Å². The highest BCUT2D eigenvalue weighted by Crippen LogP contribution is 2.26. The Morgan fingerprint density at radius 2 is 2.00 bits per heavy atom. The lowest BCUT2D eigenvalue weighted by molar-refractivity contribution is 0.102. The number of hydrogen-bond acceptors (Lipinski definition) is 1. The van der Waals surface area contributed by atoms with Gasteiger partial charge in [-0.15, -0.1) is 0 Å². The van der Waals surface area contributed by atoms with Crippen LogP contribution in [0.15, 0.2) is 28.7 Å². The molecule has 5 heteroatoms. The molecule has 2 rings (SSSR count). The molecule has 2 aromatic rings. The number of halogens is 2. The number of rotatable bonds is 2. The molecule has 19 heavy (non-hydrogen) atoms. The molecule has 1 amide bonds. The molecule has 0 aliphatic carbocycles. The van der Waals surface area contributed by atoms with Gasteiger partial charge in [0.15, 0.2) is 0 Å². The van der Waals surface area contributed by atoms with Crippen molar-refractivity contribution in [3.63, 3.8) is 0 Å². The van der Waals surface area contributed by atoms with Gasteiger partial charge < -0.3 is 9.88 Å². The molecular weight excluding hydrogens is 328 g/mol. The largest absolute Gasteiger partial charge is 0.351 e. The zero-order valence-electron chi connectivity index (χ0n) is 10.9. The zero-order valence-corrected chi connectivity index (χ0v) is 13.3. The number of aryl methyl sites for hydroxylation is 1. The quantitative estimate of drug-likeness (QED) is 0.867. The van der Waals surface area contributed by atoms with E-state index >= 15 is 0 Å². The summed E-state index contributed by atoms with van der Waals surface area (Å²) in [6.07, 6.45) is 0. The van der Waals surface area contributed by atoms with Crippen LogP contribution in [0.1, 0.15) is 21.7 Å². The summed E-state index contributed by atoms with van der Waals surface area (Å²) in [7, 11) is 1.94. The molecule has 0 saturated heterocycles. The minimum absolute atomic E-state index is 0.148. The normalized spacial score (nSPS) is 10.6. The van der Waals surface area contributed by atoms with Gasteiger partial charge in [0, 0.05) is 22.9 Å². The SMILES string of the molecule is Cc1cc(C(=O)Nc2ccc(Br)cc2Cl)c(C)n1C. The first kappa shape index (κ1) is 14.2. The summed E-state index contributed by atoms with van der Waals surface area (Å²) in [5.74, 6) is -0.148. The standard InChI is InChI=1S/C14H14BrClN2O/c1-8-6-11(9(2)18(8)3)14(19)17-13-5-4-10(15)7-12(13)16/h4-7H,1-3H3,(H,17,19). The lowest BCUT2D eigenvalue weighted by atomic mass is 10.2. The molecule has 0 saturated carbocycles. The predicted octanol–water partition coefficient (Wildman–Crippen LogP) is 4.31. The summed E-state index contributed by atoms with van der Waals surface area (Å²) in [4.78, 5) is 12.2. The third-order valence-corrected chi connectivity index (χ3v) is 4.01. The molecule has 0 spiro atoms. The highest BCUT2D eigenvalue weighted by Gasteiger charge is 2.15. The molecule has 0 fully saturated rings. The summed E-state index contributed by atoms with van der Waals surface area (Å²) in [6.45, 7) is 3.89. The molecule has 0 atom stereocenters. The summed E-state index contributed by atoms with van der Waals surface area (Å²) >= 11 is 9.42. The maximum absolute atomic E-state index is 12.2. The van der Waals surface area contributed by atoms with Crippen LogP contribution in [-0.4, -0.2) is 10.5 Å². The summed E-state index contributed by atoms with van der Waals surface area (Å²) < 4.78 is 2.86. The molecule has 1 aromatic carbocycles. The number of benzene rings is 1. The molecular formula is C14H14BrClN2O. The van der Waals surface area contributed by atoms with Gasteiger partial charge in [0.2, 0.25) is 0 Å². The van der Waals surface area contributed by atoms with Crippen LogP contribution in [0.4, 0.5) is 5.69 Å². The van der Waals surface area contributed by atoms with Crippen molar-refractivity contribution in [2.75, 3.05) is 5.32 Å². The van der Waals surface area contributed by atoms with Crippen LogP contribution in [-0.2, 0) is 7.05 Å². The molecule has 100 valence electrons. The third-order valence-electron chi connectivity index (χ3n) is 3.20. The number of anilines is 1. The van der Waals surface area contributed by atoms with Gasteiger partial charge >= 0.3 is 0 Å². The minimum atomic E-state index is -0.148. The first-order valence-corrected chi connectivity index (χ1v) is 6.96. The summed E-state index contributed by atoms with van der Waals surface area (Å²) in [5.41, 5.74) is 3.25. The maximum Gasteiger partial charge on any atom is 0.257 e. The highest BCUT2D eigenvalue weighted by molar-refractivity contribution is 9.10. The monoisotopic (exact) mass is 340 g/mol. The zero-order chi connectivity index (χ0) is 14.2. The number of carbonyl (C=O) groups is 1. The van der Waals surface area contributed by atoms with Crippen LogP contribution < -0.4 is 5.32 Å². The van der Waals surface area contributed by atoms with Crippen molar-refractivity contribution >= 4 is 39.1 Å². The minimum Gasteiger partial charge on any atom is -0.351 e. The fraction of sp³-hybridized carbons (Fsp3) is 0.214. The fourth-order valence-corrected chi connectivity index (χ4v) is 2.59. The van der Waals surface area contributed by atoms with Crippen LogP contribution >= 0.6 is 27.5 Å². The summed E-state index contributed by atoms with van der Waals surface area (Å²) in [5, 5.41) is 3.34. The second-order valence-corrected chi connectivity index (χ2v) is 5.74. The van der Waals surface area contributed by atoms with E-state index in [2.05, 4.69) is 21.2 Å². The average molecular weight is 342 g/mol. The molecule has 0 radical (unpaired) electrons. The van der Waals surface area contributed by atoms with Crippen LogP contribution in [0.25, 0.3) is 0 Å². The van der Waals surface area contributed by atoms with Crippen LogP contribution in [0.5, 0.6) is 0 Å². The number of nitrogens with one attached hydrogen (secondary N) is 1. The third kappa shape index (κ3) is 2.85. The van der Waals surface area contributed by atoms with Crippen molar-refractivity contribution in [2.45, 2.75) is 13.8 Å². The Bertz CT molecular complexity index is 649. The van der Waals surface area contributed by atoms with Gasteiger partial charge in [0.25, 0.3) is 5.91 Å². The topological polar surface area (TPSA) is 34.0 Å². The molecule has 0 bridgehead atoms. The Balaban J connectivity index is 2.28. The number of nitrogens with zero attached hydrogens (tertiary/aromatic N) is 1. The second kappa shape index (κ2) is 5.39. The van der Waals surface area contributed by atoms with Crippen molar-refractivity contribution in [2.24, 2.45) is 7.05 Å². The van der Waals surface area contributed by atoms with Gasteiger partial charge in [0.05, 0.1) is 16.3 Å². The Kier molecular flexibility index (Phi) is 4.02. The Morgan fingerprint density at radius 1 is 1.32 bits per heavy atom. The molecule has 1 heterocycles. The first-order chi connectivity index (χ1) is 8.90. The maximum atomic E-state index is 12.2. The fourth-order valence-electron chi connectivity index (χ4n) is 1.87. The van der Waals surface area contributed by atoms with Gasteiger partial charge in [-0.2, -0.15) is 0 Å².